The van der Waals surface area contributed by atoms with Crippen LogP contribution < -0.4 is 0 Å². The lowest BCUT2D eigenvalue weighted by molar-refractivity contribution is 0.104. The average molecular weight is 337 g/mol. The van der Waals surface area contributed by atoms with Crippen molar-refractivity contribution < 1.29 is 9.18 Å². The Morgan fingerprint density at radius 2 is 1.68 bits per heavy atom. The van der Waals surface area contributed by atoms with Gasteiger partial charge in [-0.25, -0.2) is 4.39 Å². The second-order valence-electron chi connectivity index (χ2n) is 6.50. The van der Waals surface area contributed by atoms with Crippen LogP contribution >= 0.6 is 0 Å². The zero-order valence-corrected chi connectivity index (χ0v) is 14.7. The first-order valence-corrected chi connectivity index (χ1v) is 9.09. The monoisotopic (exact) mass is 337 g/mol. The molecule has 2 aromatic carbocycles. The number of nitrogens with zero attached hydrogens (tertiary/aromatic N) is 1. The van der Waals surface area contributed by atoms with Crippen molar-refractivity contribution in [1.82, 2.24) is 4.57 Å². The first-order chi connectivity index (χ1) is 12.2. The molecule has 25 heavy (non-hydrogen) atoms. The number of aryl methyl sites for hydroxylation is 1. The van der Waals surface area contributed by atoms with E-state index >= 15 is 0 Å². The van der Waals surface area contributed by atoms with Gasteiger partial charge in [-0.3, -0.25) is 4.79 Å². The molecule has 0 aliphatic rings. The zero-order chi connectivity index (χ0) is 17.6. The highest BCUT2D eigenvalue weighted by Gasteiger charge is 2.16. The summed E-state index contributed by atoms with van der Waals surface area (Å²) >= 11 is 0. The third-order valence-corrected chi connectivity index (χ3v) is 4.64. The molecule has 0 amide bonds. The number of para-hydroxylation sites is 1. The van der Waals surface area contributed by atoms with Crippen LogP contribution in [0.3, 0.4) is 0 Å². The lowest BCUT2D eigenvalue weighted by Crippen LogP contribution is -2.01. The van der Waals surface area contributed by atoms with Crippen LogP contribution in [0.25, 0.3) is 10.9 Å². The van der Waals surface area contributed by atoms with Crippen LogP contribution in [0.2, 0.25) is 0 Å². The predicted octanol–water partition coefficient (Wildman–Crippen LogP) is 5.98. The van der Waals surface area contributed by atoms with Crippen molar-refractivity contribution in [2.45, 2.75) is 45.6 Å². The lowest BCUT2D eigenvalue weighted by atomic mass is 10.0. The summed E-state index contributed by atoms with van der Waals surface area (Å²) in [5.74, 6) is -0.382. The fraction of sp³-hybridized carbons (Fsp3) is 0.318. The molecule has 3 aromatic rings. The zero-order valence-electron chi connectivity index (χ0n) is 14.7. The summed E-state index contributed by atoms with van der Waals surface area (Å²) in [5.41, 5.74) is 2.30. The maximum atomic E-state index is 13.1. The first kappa shape index (κ1) is 17.4. The molecule has 0 N–H and O–H groups in total. The van der Waals surface area contributed by atoms with Crippen LogP contribution in [0.1, 0.15) is 54.9 Å². The average Bonchev–Trinajstić information content (AvgIpc) is 3.00. The topological polar surface area (TPSA) is 22.0 Å². The van der Waals surface area contributed by atoms with Gasteiger partial charge in [0.2, 0.25) is 0 Å². The van der Waals surface area contributed by atoms with E-state index in [4.69, 9.17) is 0 Å². The molecule has 0 unspecified atom stereocenters. The lowest BCUT2D eigenvalue weighted by Gasteiger charge is -2.04. The molecule has 0 saturated heterocycles. The molecular formula is C22H24FNO. The Bertz CT molecular complexity index is 848. The summed E-state index contributed by atoms with van der Waals surface area (Å²) in [5, 5.41) is 0.963. The summed E-state index contributed by atoms with van der Waals surface area (Å²) in [6.45, 7) is 3.13. The quantitative estimate of drug-likeness (QED) is 0.366. The van der Waals surface area contributed by atoms with Gasteiger partial charge in [0.25, 0.3) is 0 Å². The fourth-order valence-electron chi connectivity index (χ4n) is 3.26. The molecule has 0 radical (unpaired) electrons. The number of unbranched alkanes of at least 4 members (excludes halogenated alkanes) is 4. The number of benzene rings is 2. The van der Waals surface area contributed by atoms with E-state index in [1.807, 2.05) is 24.4 Å². The highest BCUT2D eigenvalue weighted by atomic mass is 19.1. The summed E-state index contributed by atoms with van der Waals surface area (Å²) in [6, 6.07) is 13.8. The van der Waals surface area contributed by atoms with Crippen molar-refractivity contribution in [2.75, 3.05) is 0 Å². The van der Waals surface area contributed by atoms with Gasteiger partial charge < -0.3 is 4.57 Å². The molecule has 1 aromatic heterocycles. The highest BCUT2D eigenvalue weighted by Crippen LogP contribution is 2.24. The van der Waals surface area contributed by atoms with E-state index in [0.29, 0.717) is 11.1 Å². The van der Waals surface area contributed by atoms with Crippen LogP contribution in [0.5, 0.6) is 0 Å². The van der Waals surface area contributed by atoms with Gasteiger partial charge in [-0.05, 0) is 36.8 Å². The SMILES string of the molecule is CCCCCCCn1cc(C(=O)c2ccc(F)cc2)c2ccccc21. The molecule has 0 bridgehead atoms. The Balaban J connectivity index is 1.85. The van der Waals surface area contributed by atoms with Crippen molar-refractivity contribution in [3.05, 3.63) is 71.7 Å². The van der Waals surface area contributed by atoms with E-state index in [-0.39, 0.29) is 11.6 Å². The van der Waals surface area contributed by atoms with Crippen LogP contribution in [0.4, 0.5) is 4.39 Å². The predicted molar refractivity (Wildman–Crippen MR) is 101 cm³/mol. The molecule has 3 rings (SSSR count). The second kappa shape index (κ2) is 8.11. The second-order valence-corrected chi connectivity index (χ2v) is 6.50. The third kappa shape index (κ3) is 3.98. The molecule has 3 heteroatoms. The molecule has 0 atom stereocenters. The van der Waals surface area contributed by atoms with Crippen molar-refractivity contribution in [3.63, 3.8) is 0 Å². The first-order valence-electron chi connectivity index (χ1n) is 9.09. The molecule has 0 aliphatic carbocycles. The summed E-state index contributed by atoms with van der Waals surface area (Å²) in [4.78, 5) is 12.9. The number of hydrogen-bond acceptors (Lipinski definition) is 1. The van der Waals surface area contributed by atoms with E-state index < -0.39 is 0 Å². The van der Waals surface area contributed by atoms with Gasteiger partial charge in [-0.15, -0.1) is 0 Å². The van der Waals surface area contributed by atoms with Gasteiger partial charge in [0.05, 0.1) is 0 Å². The van der Waals surface area contributed by atoms with Gasteiger partial charge in [-0.1, -0.05) is 50.8 Å². The number of carbonyl (C=O) groups is 1. The summed E-state index contributed by atoms with van der Waals surface area (Å²) in [7, 11) is 0. The number of halogens is 1. The minimum atomic E-state index is -0.328. The van der Waals surface area contributed by atoms with Gasteiger partial charge in [-0.2, -0.15) is 0 Å². The Morgan fingerprint density at radius 3 is 2.44 bits per heavy atom. The van der Waals surface area contributed by atoms with E-state index in [1.54, 1.807) is 12.1 Å². The van der Waals surface area contributed by atoms with E-state index in [1.165, 1.54) is 37.8 Å². The van der Waals surface area contributed by atoms with Crippen LogP contribution in [0.15, 0.2) is 54.7 Å². The minimum Gasteiger partial charge on any atom is -0.347 e. The van der Waals surface area contributed by atoms with Crippen molar-refractivity contribution in [1.29, 1.82) is 0 Å². The summed E-state index contributed by atoms with van der Waals surface area (Å²) < 4.78 is 15.3. The number of aromatic nitrogens is 1. The molecule has 0 fully saturated rings. The largest absolute Gasteiger partial charge is 0.347 e. The fourth-order valence-corrected chi connectivity index (χ4v) is 3.26. The van der Waals surface area contributed by atoms with Gasteiger partial charge in [0, 0.05) is 34.8 Å². The number of ketones is 1. The van der Waals surface area contributed by atoms with Gasteiger partial charge >= 0.3 is 0 Å². The van der Waals surface area contributed by atoms with Crippen LogP contribution in [-0.4, -0.2) is 10.4 Å². The standard InChI is InChI=1S/C22H24FNO/c1-2-3-4-5-8-15-24-16-20(19-9-6-7-10-21(19)24)22(25)17-11-13-18(23)14-12-17/h6-7,9-14,16H,2-5,8,15H2,1H3. The maximum absolute atomic E-state index is 13.1. The Morgan fingerprint density at radius 1 is 0.960 bits per heavy atom. The van der Waals surface area contributed by atoms with E-state index in [0.717, 1.165) is 23.9 Å². The Kier molecular flexibility index (Phi) is 5.64. The molecule has 2 nitrogen and oxygen atoms in total. The number of fused-ring (bicyclic) bond motifs is 1. The highest BCUT2D eigenvalue weighted by molar-refractivity contribution is 6.16. The van der Waals surface area contributed by atoms with Crippen LogP contribution in [-0.2, 0) is 6.54 Å². The molecule has 130 valence electrons. The number of hydrogen-bond donors (Lipinski definition) is 0. The Labute approximate surface area is 148 Å². The third-order valence-electron chi connectivity index (χ3n) is 4.64. The molecule has 0 saturated carbocycles. The molecule has 1 heterocycles. The number of rotatable bonds is 8. The minimum absolute atomic E-state index is 0.0547. The number of carbonyl (C=O) groups excluding carboxylic acids is 1. The molecule has 0 aliphatic heterocycles. The van der Waals surface area contributed by atoms with Gasteiger partial charge in [0.1, 0.15) is 5.82 Å². The Hall–Kier alpha value is -2.42. The molecule has 0 spiro atoms. The van der Waals surface area contributed by atoms with Crippen molar-refractivity contribution in [2.24, 2.45) is 0 Å². The van der Waals surface area contributed by atoms with Crippen molar-refractivity contribution >= 4 is 16.7 Å². The van der Waals surface area contributed by atoms with E-state index in [2.05, 4.69) is 17.6 Å². The normalized spacial score (nSPS) is 11.1. The van der Waals surface area contributed by atoms with Gasteiger partial charge in [0.15, 0.2) is 5.78 Å². The van der Waals surface area contributed by atoms with E-state index in [9.17, 15) is 9.18 Å². The van der Waals surface area contributed by atoms with Crippen LogP contribution in [0, 0.1) is 5.82 Å². The smallest absolute Gasteiger partial charge is 0.195 e. The molecular weight excluding hydrogens is 313 g/mol. The maximum Gasteiger partial charge on any atom is 0.195 e. The summed E-state index contributed by atoms with van der Waals surface area (Å²) in [6.07, 6.45) is 8.06. The van der Waals surface area contributed by atoms with Crippen molar-refractivity contribution in [3.8, 4) is 0 Å².